The van der Waals surface area contributed by atoms with Crippen LogP contribution in [0.25, 0.3) is 11.4 Å². The van der Waals surface area contributed by atoms with Crippen molar-refractivity contribution in [2.24, 2.45) is 11.1 Å². The van der Waals surface area contributed by atoms with E-state index < -0.39 is 5.41 Å². The molecule has 7 nitrogen and oxygen atoms in total. The molecule has 0 fully saturated rings. The van der Waals surface area contributed by atoms with Gasteiger partial charge >= 0.3 is 0 Å². The van der Waals surface area contributed by atoms with Gasteiger partial charge in [-0.3, -0.25) is 4.79 Å². The standard InChI is InChI=1S/C22H28N6O.ClH/c1-3-22(4-2,16-23)21(29)24-19-12-10-17(11-13-19)14-15-28-26-20(25-27-28)18-8-6-5-7-9-18;/h5-13H,3-4,14-16,23H2,1-2H3,(H,24,29);1H. The van der Waals surface area contributed by atoms with Crippen molar-refractivity contribution in [1.29, 1.82) is 0 Å². The highest BCUT2D eigenvalue weighted by atomic mass is 35.5. The van der Waals surface area contributed by atoms with Gasteiger partial charge in [0.2, 0.25) is 11.7 Å². The molecule has 3 aromatic rings. The highest BCUT2D eigenvalue weighted by Crippen LogP contribution is 2.27. The molecular formula is C22H29ClN6O. The summed E-state index contributed by atoms with van der Waals surface area (Å²) < 4.78 is 0. The minimum Gasteiger partial charge on any atom is -0.329 e. The summed E-state index contributed by atoms with van der Waals surface area (Å²) in [7, 11) is 0. The Bertz CT molecular complexity index is 914. The molecule has 0 spiro atoms. The second-order valence-electron chi connectivity index (χ2n) is 7.17. The second-order valence-corrected chi connectivity index (χ2v) is 7.17. The topological polar surface area (TPSA) is 98.7 Å². The van der Waals surface area contributed by atoms with Crippen LogP contribution in [-0.2, 0) is 17.8 Å². The molecule has 1 aromatic heterocycles. The summed E-state index contributed by atoms with van der Waals surface area (Å²) >= 11 is 0. The molecule has 0 radical (unpaired) electrons. The Morgan fingerprint density at radius 1 is 1.07 bits per heavy atom. The molecule has 0 aliphatic carbocycles. The summed E-state index contributed by atoms with van der Waals surface area (Å²) in [6, 6.07) is 17.6. The van der Waals surface area contributed by atoms with Crippen LogP contribution in [0.5, 0.6) is 0 Å². The zero-order valence-electron chi connectivity index (χ0n) is 17.4. The molecule has 0 saturated carbocycles. The van der Waals surface area contributed by atoms with E-state index in [1.807, 2.05) is 68.4 Å². The first-order chi connectivity index (χ1) is 14.1. The van der Waals surface area contributed by atoms with Crippen molar-refractivity contribution in [3.63, 3.8) is 0 Å². The average Bonchev–Trinajstić information content (AvgIpc) is 3.25. The van der Waals surface area contributed by atoms with E-state index >= 15 is 0 Å². The number of hydrogen-bond acceptors (Lipinski definition) is 5. The average molecular weight is 429 g/mol. The second kappa shape index (κ2) is 10.8. The summed E-state index contributed by atoms with van der Waals surface area (Å²) in [6.07, 6.45) is 2.22. The number of aromatic nitrogens is 4. The van der Waals surface area contributed by atoms with E-state index in [1.54, 1.807) is 4.80 Å². The molecule has 3 rings (SSSR count). The van der Waals surface area contributed by atoms with Gasteiger partial charge in [-0.2, -0.15) is 4.80 Å². The first-order valence-electron chi connectivity index (χ1n) is 10.0. The Kier molecular flexibility index (Phi) is 8.50. The smallest absolute Gasteiger partial charge is 0.231 e. The maximum absolute atomic E-state index is 12.6. The van der Waals surface area contributed by atoms with Gasteiger partial charge in [-0.25, -0.2) is 0 Å². The summed E-state index contributed by atoms with van der Waals surface area (Å²) in [5, 5.41) is 15.7. The maximum atomic E-state index is 12.6. The number of nitrogens with zero attached hydrogens (tertiary/aromatic N) is 4. The Morgan fingerprint density at radius 2 is 1.73 bits per heavy atom. The molecule has 0 atom stereocenters. The number of carbonyl (C=O) groups is 1. The fourth-order valence-electron chi connectivity index (χ4n) is 3.24. The molecule has 8 heteroatoms. The van der Waals surface area contributed by atoms with Crippen molar-refractivity contribution in [1.82, 2.24) is 20.2 Å². The third-order valence-corrected chi connectivity index (χ3v) is 5.52. The van der Waals surface area contributed by atoms with Crippen molar-refractivity contribution >= 4 is 24.0 Å². The fourth-order valence-corrected chi connectivity index (χ4v) is 3.24. The summed E-state index contributed by atoms with van der Waals surface area (Å²) in [5.41, 5.74) is 8.22. The Balaban J connectivity index is 0.00000320. The normalized spacial score (nSPS) is 11.0. The van der Waals surface area contributed by atoms with Crippen LogP contribution < -0.4 is 11.1 Å². The third-order valence-electron chi connectivity index (χ3n) is 5.52. The lowest BCUT2D eigenvalue weighted by molar-refractivity contribution is -0.125. The first-order valence-corrected chi connectivity index (χ1v) is 10.0. The number of hydrogen-bond donors (Lipinski definition) is 2. The molecule has 2 aromatic carbocycles. The van der Waals surface area contributed by atoms with Crippen LogP contribution in [0.3, 0.4) is 0 Å². The molecule has 0 aliphatic rings. The third kappa shape index (κ3) is 5.43. The molecule has 0 bridgehead atoms. The van der Waals surface area contributed by atoms with Crippen LogP contribution in [0.1, 0.15) is 32.3 Å². The van der Waals surface area contributed by atoms with Crippen LogP contribution in [0.15, 0.2) is 54.6 Å². The zero-order valence-corrected chi connectivity index (χ0v) is 18.2. The van der Waals surface area contributed by atoms with Crippen molar-refractivity contribution in [3.05, 3.63) is 60.2 Å². The van der Waals surface area contributed by atoms with Gasteiger partial charge in [0, 0.05) is 17.8 Å². The van der Waals surface area contributed by atoms with Gasteiger partial charge in [0.25, 0.3) is 0 Å². The lowest BCUT2D eigenvalue weighted by atomic mass is 9.81. The van der Waals surface area contributed by atoms with Gasteiger partial charge in [0.15, 0.2) is 0 Å². The number of tetrazole rings is 1. The van der Waals surface area contributed by atoms with Crippen LogP contribution >= 0.6 is 12.4 Å². The number of aryl methyl sites for hydroxylation is 2. The van der Waals surface area contributed by atoms with E-state index in [0.29, 0.717) is 18.9 Å². The minimum atomic E-state index is -0.506. The number of nitrogens with two attached hydrogens (primary N) is 1. The van der Waals surface area contributed by atoms with Crippen LogP contribution in [0, 0.1) is 5.41 Å². The van der Waals surface area contributed by atoms with Crippen LogP contribution in [0.2, 0.25) is 0 Å². The van der Waals surface area contributed by atoms with E-state index in [-0.39, 0.29) is 18.3 Å². The summed E-state index contributed by atoms with van der Waals surface area (Å²) in [5.74, 6) is 0.608. The molecular weight excluding hydrogens is 400 g/mol. The van der Waals surface area contributed by atoms with E-state index in [4.69, 9.17) is 5.73 Å². The highest BCUT2D eigenvalue weighted by Gasteiger charge is 2.33. The molecule has 1 heterocycles. The summed E-state index contributed by atoms with van der Waals surface area (Å²) in [4.78, 5) is 14.2. The van der Waals surface area contributed by atoms with Gasteiger partial charge in [0.1, 0.15) is 0 Å². The predicted molar refractivity (Wildman–Crippen MR) is 121 cm³/mol. The predicted octanol–water partition coefficient (Wildman–Crippen LogP) is 3.71. The number of amides is 1. The molecule has 0 saturated heterocycles. The van der Waals surface area contributed by atoms with Crippen molar-refractivity contribution in [2.45, 2.75) is 39.7 Å². The lowest BCUT2D eigenvalue weighted by Crippen LogP contribution is -2.41. The van der Waals surface area contributed by atoms with Gasteiger partial charge in [-0.1, -0.05) is 56.3 Å². The van der Waals surface area contributed by atoms with Crippen molar-refractivity contribution in [2.75, 3.05) is 11.9 Å². The molecule has 3 N–H and O–H groups in total. The first kappa shape index (κ1) is 23.5. The largest absolute Gasteiger partial charge is 0.329 e. The van der Waals surface area contributed by atoms with Gasteiger partial charge in [0.05, 0.1) is 12.0 Å². The van der Waals surface area contributed by atoms with E-state index in [2.05, 4.69) is 20.7 Å². The molecule has 0 unspecified atom stereocenters. The Labute approximate surface area is 183 Å². The Hall–Kier alpha value is -2.77. The molecule has 1 amide bonds. The van der Waals surface area contributed by atoms with Crippen LogP contribution in [-0.4, -0.2) is 32.7 Å². The maximum Gasteiger partial charge on any atom is 0.231 e. The molecule has 160 valence electrons. The van der Waals surface area contributed by atoms with Crippen molar-refractivity contribution in [3.8, 4) is 11.4 Å². The minimum absolute atomic E-state index is 0. The summed E-state index contributed by atoms with van der Waals surface area (Å²) in [6.45, 7) is 4.98. The number of benzene rings is 2. The molecule has 30 heavy (non-hydrogen) atoms. The van der Waals surface area contributed by atoms with Gasteiger partial charge in [-0.15, -0.1) is 22.6 Å². The van der Waals surface area contributed by atoms with E-state index in [1.165, 1.54) is 0 Å². The van der Waals surface area contributed by atoms with Gasteiger partial charge in [-0.05, 0) is 42.2 Å². The number of carbonyl (C=O) groups excluding carboxylic acids is 1. The highest BCUT2D eigenvalue weighted by molar-refractivity contribution is 5.95. The van der Waals surface area contributed by atoms with Gasteiger partial charge < -0.3 is 11.1 Å². The Morgan fingerprint density at radius 3 is 2.33 bits per heavy atom. The number of halogens is 1. The number of nitrogens with one attached hydrogen (secondary N) is 1. The monoisotopic (exact) mass is 428 g/mol. The van der Waals surface area contributed by atoms with Crippen LogP contribution in [0.4, 0.5) is 5.69 Å². The van der Waals surface area contributed by atoms with E-state index in [9.17, 15) is 4.79 Å². The zero-order chi connectivity index (χ0) is 20.7. The fraction of sp³-hybridized carbons (Fsp3) is 0.364. The van der Waals surface area contributed by atoms with E-state index in [0.717, 1.165) is 36.1 Å². The lowest BCUT2D eigenvalue weighted by Gasteiger charge is -2.28. The molecule has 0 aliphatic heterocycles. The van der Waals surface area contributed by atoms with Crippen molar-refractivity contribution < 1.29 is 4.79 Å². The quantitative estimate of drug-likeness (QED) is 0.541. The number of anilines is 1. The number of rotatable bonds is 9. The SMILES string of the molecule is CCC(CC)(CN)C(=O)Nc1ccc(CCn2nnc(-c3ccccc3)n2)cc1.Cl.